The van der Waals surface area contributed by atoms with Crippen LogP contribution in [0.5, 0.6) is 0 Å². The number of aryl methyl sites for hydroxylation is 3. The van der Waals surface area contributed by atoms with Crippen molar-refractivity contribution in [1.82, 2.24) is 9.78 Å². The number of benzene rings is 1. The average molecular weight is 368 g/mol. The lowest BCUT2D eigenvalue weighted by atomic mass is 9.92. The van der Waals surface area contributed by atoms with Gasteiger partial charge in [-0.25, -0.2) is 0 Å². The van der Waals surface area contributed by atoms with Crippen molar-refractivity contribution in [3.05, 3.63) is 51.3 Å². The summed E-state index contributed by atoms with van der Waals surface area (Å²) in [7, 11) is 2.01. The van der Waals surface area contributed by atoms with Gasteiger partial charge in [-0.3, -0.25) is 4.68 Å². The molecule has 2 aromatic rings. The molecule has 1 aliphatic rings. The maximum Gasteiger partial charge on any atom is 0.0738 e. The lowest BCUT2D eigenvalue weighted by molar-refractivity contribution is 0.450. The molecule has 0 fully saturated rings. The first-order valence-corrected chi connectivity index (χ1v) is 8.70. The molecule has 1 heterocycles. The molecule has 0 radical (unpaired) electrons. The van der Waals surface area contributed by atoms with E-state index in [2.05, 4.69) is 45.3 Å². The molecule has 1 aromatic carbocycles. The van der Waals surface area contributed by atoms with Crippen molar-refractivity contribution in [2.75, 3.05) is 0 Å². The van der Waals surface area contributed by atoms with Gasteiger partial charge in [0.15, 0.2) is 0 Å². The Balaban J connectivity index is 1.89. The summed E-state index contributed by atoms with van der Waals surface area (Å²) >= 11 is 10.5. The Morgan fingerprint density at radius 1 is 1.38 bits per heavy atom. The van der Waals surface area contributed by atoms with E-state index in [-0.39, 0.29) is 5.38 Å². The van der Waals surface area contributed by atoms with Crippen LogP contribution in [0.15, 0.2) is 28.7 Å². The molecule has 0 N–H and O–H groups in total. The number of alkyl halides is 1. The molecule has 1 aromatic heterocycles. The third-order valence-corrected chi connectivity index (χ3v) is 6.13. The number of rotatable bonds is 2. The van der Waals surface area contributed by atoms with Gasteiger partial charge in [-0.15, -0.1) is 11.6 Å². The van der Waals surface area contributed by atoms with Crippen LogP contribution in [0.4, 0.5) is 0 Å². The first-order valence-electron chi connectivity index (χ1n) is 7.47. The molecule has 0 saturated heterocycles. The quantitative estimate of drug-likeness (QED) is 0.541. The van der Waals surface area contributed by atoms with E-state index >= 15 is 0 Å². The van der Waals surface area contributed by atoms with Crippen LogP contribution in [-0.2, 0) is 19.9 Å². The van der Waals surface area contributed by atoms with Crippen LogP contribution in [0, 0.1) is 12.8 Å². The van der Waals surface area contributed by atoms with Crippen LogP contribution in [0.2, 0.25) is 0 Å². The van der Waals surface area contributed by atoms with Crippen molar-refractivity contribution >= 4 is 27.5 Å². The molecule has 21 heavy (non-hydrogen) atoms. The van der Waals surface area contributed by atoms with Crippen LogP contribution >= 0.6 is 27.5 Å². The number of aromatic nitrogens is 2. The summed E-state index contributed by atoms with van der Waals surface area (Å²) in [6.07, 6.45) is 4.49. The highest BCUT2D eigenvalue weighted by Gasteiger charge is 2.28. The van der Waals surface area contributed by atoms with Crippen molar-refractivity contribution in [3.8, 4) is 0 Å². The number of hydrogen-bond donors (Lipinski definition) is 0. The van der Waals surface area contributed by atoms with Gasteiger partial charge in [-0.2, -0.15) is 5.10 Å². The third kappa shape index (κ3) is 2.91. The van der Waals surface area contributed by atoms with Crippen molar-refractivity contribution < 1.29 is 0 Å². The Kier molecular flexibility index (Phi) is 4.41. The molecular formula is C17H20BrClN2. The van der Waals surface area contributed by atoms with E-state index in [0.29, 0.717) is 5.92 Å². The fourth-order valence-corrected chi connectivity index (χ4v) is 4.27. The molecule has 2 atom stereocenters. The smallest absolute Gasteiger partial charge is 0.0738 e. The minimum Gasteiger partial charge on any atom is -0.271 e. The van der Waals surface area contributed by atoms with E-state index in [1.165, 1.54) is 29.7 Å². The first-order chi connectivity index (χ1) is 10.1. The van der Waals surface area contributed by atoms with E-state index in [4.69, 9.17) is 11.6 Å². The molecule has 4 heteroatoms. The maximum absolute atomic E-state index is 6.83. The summed E-state index contributed by atoms with van der Waals surface area (Å²) in [6.45, 7) is 2.04. The molecule has 0 aliphatic heterocycles. The average Bonchev–Trinajstić information content (AvgIpc) is 2.63. The van der Waals surface area contributed by atoms with Crippen molar-refractivity contribution in [1.29, 1.82) is 0 Å². The van der Waals surface area contributed by atoms with Crippen LogP contribution in [0.1, 0.15) is 40.7 Å². The molecule has 0 amide bonds. The molecule has 0 saturated carbocycles. The maximum atomic E-state index is 6.83. The van der Waals surface area contributed by atoms with Gasteiger partial charge in [0.2, 0.25) is 0 Å². The Bertz CT molecular complexity index is 650. The summed E-state index contributed by atoms with van der Waals surface area (Å²) in [4.78, 5) is 0. The zero-order chi connectivity index (χ0) is 15.0. The zero-order valence-corrected chi connectivity index (χ0v) is 14.8. The van der Waals surface area contributed by atoms with E-state index in [1.54, 1.807) is 0 Å². The van der Waals surface area contributed by atoms with E-state index in [1.807, 2.05) is 18.7 Å². The van der Waals surface area contributed by atoms with Crippen molar-refractivity contribution in [2.24, 2.45) is 13.0 Å². The standard InChI is InChI=1S/C17H20BrClN2/c1-11-16(18)15(21(2)20-11)10-13-8-5-7-12-6-3-4-9-14(12)17(13)19/h3-4,6,9,13,17H,5,7-8,10H2,1-2H3. The second kappa shape index (κ2) is 6.13. The summed E-state index contributed by atoms with van der Waals surface area (Å²) < 4.78 is 3.12. The molecular weight excluding hydrogens is 348 g/mol. The van der Waals surface area contributed by atoms with Crippen molar-refractivity contribution in [3.63, 3.8) is 0 Å². The minimum atomic E-state index is 0.0887. The predicted octanol–water partition coefficient (Wildman–Crippen LogP) is 4.97. The SMILES string of the molecule is Cc1nn(C)c(CC2CCCc3ccccc3C2Cl)c1Br. The van der Waals surface area contributed by atoms with Gasteiger partial charge in [-0.1, -0.05) is 24.3 Å². The topological polar surface area (TPSA) is 17.8 Å². The first kappa shape index (κ1) is 15.1. The molecule has 3 rings (SSSR count). The van der Waals surface area contributed by atoms with E-state index in [0.717, 1.165) is 23.0 Å². The highest BCUT2D eigenvalue weighted by Crippen LogP contribution is 2.40. The largest absolute Gasteiger partial charge is 0.271 e. The number of fused-ring (bicyclic) bond motifs is 1. The Morgan fingerprint density at radius 2 is 2.14 bits per heavy atom. The van der Waals surface area contributed by atoms with E-state index < -0.39 is 0 Å². The minimum absolute atomic E-state index is 0.0887. The van der Waals surface area contributed by atoms with Crippen LogP contribution in [-0.4, -0.2) is 9.78 Å². The van der Waals surface area contributed by atoms with Gasteiger partial charge in [0.25, 0.3) is 0 Å². The lowest BCUT2D eigenvalue weighted by Crippen LogP contribution is -2.13. The second-order valence-electron chi connectivity index (χ2n) is 5.93. The van der Waals surface area contributed by atoms with Gasteiger partial charge >= 0.3 is 0 Å². The van der Waals surface area contributed by atoms with Crippen LogP contribution in [0.25, 0.3) is 0 Å². The summed E-state index contributed by atoms with van der Waals surface area (Å²) in [5.74, 6) is 0.460. The second-order valence-corrected chi connectivity index (χ2v) is 7.19. The fourth-order valence-electron chi connectivity index (χ4n) is 3.34. The Hall–Kier alpha value is -0.800. The fraction of sp³-hybridized carbons (Fsp3) is 0.471. The molecule has 112 valence electrons. The van der Waals surface area contributed by atoms with Gasteiger partial charge < -0.3 is 0 Å². The molecule has 2 unspecified atom stereocenters. The Labute approximate surface area is 139 Å². The van der Waals surface area contributed by atoms with Gasteiger partial charge in [-0.05, 0) is 65.6 Å². The highest BCUT2D eigenvalue weighted by molar-refractivity contribution is 9.10. The van der Waals surface area contributed by atoms with E-state index in [9.17, 15) is 0 Å². The zero-order valence-electron chi connectivity index (χ0n) is 12.4. The highest BCUT2D eigenvalue weighted by atomic mass is 79.9. The molecule has 1 aliphatic carbocycles. The molecule has 0 spiro atoms. The van der Waals surface area contributed by atoms with Crippen molar-refractivity contribution in [2.45, 2.75) is 38.0 Å². The lowest BCUT2D eigenvalue weighted by Gasteiger charge is -2.21. The summed E-state index contributed by atoms with van der Waals surface area (Å²) in [5, 5.41) is 4.58. The predicted molar refractivity (Wildman–Crippen MR) is 90.8 cm³/mol. The monoisotopic (exact) mass is 366 g/mol. The van der Waals surface area contributed by atoms with Gasteiger partial charge in [0.1, 0.15) is 0 Å². The third-order valence-electron chi connectivity index (χ3n) is 4.50. The number of halogens is 2. The summed E-state index contributed by atoms with van der Waals surface area (Å²) in [5.41, 5.74) is 5.03. The molecule has 2 nitrogen and oxygen atoms in total. The number of hydrogen-bond acceptors (Lipinski definition) is 1. The summed E-state index contributed by atoms with van der Waals surface area (Å²) in [6, 6.07) is 8.62. The van der Waals surface area contributed by atoms with Gasteiger partial charge in [0.05, 0.1) is 21.2 Å². The van der Waals surface area contributed by atoms with Crippen LogP contribution < -0.4 is 0 Å². The Morgan fingerprint density at radius 3 is 2.86 bits per heavy atom. The van der Waals surface area contributed by atoms with Crippen LogP contribution in [0.3, 0.4) is 0 Å². The van der Waals surface area contributed by atoms with Gasteiger partial charge in [0, 0.05) is 7.05 Å². The number of nitrogens with zero attached hydrogens (tertiary/aromatic N) is 2. The molecule has 0 bridgehead atoms. The normalized spacial score (nSPS) is 21.9.